The van der Waals surface area contributed by atoms with Crippen molar-refractivity contribution in [3.05, 3.63) is 255 Å². The van der Waals surface area contributed by atoms with Gasteiger partial charge in [0.1, 0.15) is 0 Å². The molecule has 0 radical (unpaired) electrons. The highest BCUT2D eigenvalue weighted by atomic mass is 15.1. The van der Waals surface area contributed by atoms with Gasteiger partial charge >= 0.3 is 0 Å². The van der Waals surface area contributed by atoms with Gasteiger partial charge in [0, 0.05) is 33.4 Å². The maximum absolute atomic E-state index is 2.45. The molecule has 0 N–H and O–H groups in total. The fourth-order valence-corrected chi connectivity index (χ4v) is 9.63. The van der Waals surface area contributed by atoms with Crippen LogP contribution in [0.1, 0.15) is 0 Å². The number of aromatic nitrogens is 1. The molecule has 12 aromatic rings. The molecule has 2 nitrogen and oxygen atoms in total. The predicted molar refractivity (Wildman–Crippen MR) is 272 cm³/mol. The van der Waals surface area contributed by atoms with Gasteiger partial charge in [0.2, 0.25) is 0 Å². The van der Waals surface area contributed by atoms with Gasteiger partial charge in [0.15, 0.2) is 0 Å². The summed E-state index contributed by atoms with van der Waals surface area (Å²) in [4.78, 5) is 2.38. The second-order valence-electron chi connectivity index (χ2n) is 16.5. The van der Waals surface area contributed by atoms with Crippen LogP contribution < -0.4 is 4.90 Å². The van der Waals surface area contributed by atoms with E-state index in [1.54, 1.807) is 0 Å². The molecule has 12 rings (SSSR count). The number of benzene rings is 11. The van der Waals surface area contributed by atoms with Crippen LogP contribution in [0.25, 0.3) is 93.5 Å². The molecule has 0 saturated carbocycles. The van der Waals surface area contributed by atoms with E-state index in [1.165, 1.54) is 82.3 Å². The second-order valence-corrected chi connectivity index (χ2v) is 16.5. The summed E-state index contributed by atoms with van der Waals surface area (Å²) in [6.07, 6.45) is 0. The van der Waals surface area contributed by atoms with Gasteiger partial charge in [-0.3, -0.25) is 0 Å². The van der Waals surface area contributed by atoms with Gasteiger partial charge in [0.25, 0.3) is 0 Å². The van der Waals surface area contributed by atoms with E-state index in [0.717, 1.165) is 28.3 Å². The summed E-state index contributed by atoms with van der Waals surface area (Å²) in [5.74, 6) is 0. The van der Waals surface area contributed by atoms with Crippen LogP contribution in [0.5, 0.6) is 0 Å². The molecule has 300 valence electrons. The van der Waals surface area contributed by atoms with E-state index in [0.29, 0.717) is 0 Å². The van der Waals surface area contributed by atoms with Gasteiger partial charge in [-0.25, -0.2) is 0 Å². The van der Waals surface area contributed by atoms with Gasteiger partial charge in [-0.05, 0) is 121 Å². The van der Waals surface area contributed by atoms with Crippen LogP contribution in [0, 0.1) is 0 Å². The highest BCUT2D eigenvalue weighted by Gasteiger charge is 2.19. The lowest BCUT2D eigenvalue weighted by Gasteiger charge is -2.26. The molecule has 0 aliphatic carbocycles. The number of nitrogens with zero attached hydrogens (tertiary/aromatic N) is 2. The van der Waals surface area contributed by atoms with Crippen molar-refractivity contribution in [3.8, 4) is 50.2 Å². The fourth-order valence-electron chi connectivity index (χ4n) is 9.63. The first-order chi connectivity index (χ1) is 31.7. The molecule has 11 aromatic carbocycles. The number of hydrogen-bond donors (Lipinski definition) is 0. The van der Waals surface area contributed by atoms with E-state index in [1.807, 2.05) is 0 Å². The number of fused-ring (bicyclic) bond motifs is 6. The van der Waals surface area contributed by atoms with Crippen molar-refractivity contribution in [1.82, 2.24) is 4.57 Å². The van der Waals surface area contributed by atoms with E-state index >= 15 is 0 Å². The summed E-state index contributed by atoms with van der Waals surface area (Å²) in [6, 6.07) is 92.6. The molecule has 0 fully saturated rings. The van der Waals surface area contributed by atoms with Crippen molar-refractivity contribution < 1.29 is 0 Å². The van der Waals surface area contributed by atoms with Crippen LogP contribution in [-0.2, 0) is 0 Å². The van der Waals surface area contributed by atoms with E-state index in [2.05, 4.69) is 264 Å². The minimum Gasteiger partial charge on any atom is -0.310 e. The first kappa shape index (κ1) is 37.3. The summed E-state index contributed by atoms with van der Waals surface area (Å²) in [7, 11) is 0. The second kappa shape index (κ2) is 15.8. The average molecular weight is 815 g/mol. The van der Waals surface area contributed by atoms with Crippen molar-refractivity contribution >= 4 is 60.4 Å². The Balaban J connectivity index is 0.950. The zero-order chi connectivity index (χ0) is 42.4. The maximum Gasteiger partial charge on any atom is 0.0547 e. The molecule has 0 saturated heterocycles. The molecule has 0 aliphatic heterocycles. The molecule has 2 heteroatoms. The summed E-state index contributed by atoms with van der Waals surface area (Å²) in [5.41, 5.74) is 16.3. The van der Waals surface area contributed by atoms with Crippen molar-refractivity contribution in [2.45, 2.75) is 0 Å². The van der Waals surface area contributed by atoms with Crippen LogP contribution in [0.15, 0.2) is 255 Å². The van der Waals surface area contributed by atoms with Crippen molar-refractivity contribution in [3.63, 3.8) is 0 Å². The van der Waals surface area contributed by atoms with Crippen LogP contribution in [0.2, 0.25) is 0 Å². The third-order valence-corrected chi connectivity index (χ3v) is 12.8. The lowest BCUT2D eigenvalue weighted by Crippen LogP contribution is -2.10. The minimum absolute atomic E-state index is 1.08. The van der Waals surface area contributed by atoms with E-state index in [-0.39, 0.29) is 0 Å². The molecule has 1 heterocycles. The van der Waals surface area contributed by atoms with E-state index in [9.17, 15) is 0 Å². The molecule has 0 spiro atoms. The molecule has 64 heavy (non-hydrogen) atoms. The summed E-state index contributed by atoms with van der Waals surface area (Å²) in [6.45, 7) is 0. The van der Waals surface area contributed by atoms with Crippen LogP contribution in [-0.4, -0.2) is 4.57 Å². The van der Waals surface area contributed by atoms with E-state index < -0.39 is 0 Å². The first-order valence-corrected chi connectivity index (χ1v) is 22.0. The van der Waals surface area contributed by atoms with Crippen LogP contribution in [0.4, 0.5) is 17.1 Å². The molecule has 0 atom stereocenters. The summed E-state index contributed by atoms with van der Waals surface area (Å²) >= 11 is 0. The van der Waals surface area contributed by atoms with Gasteiger partial charge in [0.05, 0.1) is 16.7 Å². The molecule has 0 amide bonds. The van der Waals surface area contributed by atoms with Gasteiger partial charge in [-0.2, -0.15) is 0 Å². The molecule has 0 unspecified atom stereocenters. The Morgan fingerprint density at radius 3 is 1.53 bits per heavy atom. The smallest absolute Gasteiger partial charge is 0.0547 e. The van der Waals surface area contributed by atoms with Crippen LogP contribution in [0.3, 0.4) is 0 Å². The lowest BCUT2D eigenvalue weighted by atomic mass is 9.99. The average Bonchev–Trinajstić information content (AvgIpc) is 3.72. The maximum atomic E-state index is 2.45. The Bertz CT molecular complexity index is 3640. The first-order valence-electron chi connectivity index (χ1n) is 22.0. The Kier molecular flexibility index (Phi) is 9.20. The normalized spacial score (nSPS) is 11.4. The summed E-state index contributed by atoms with van der Waals surface area (Å²) in [5, 5.41) is 7.55. The monoisotopic (exact) mass is 814 g/mol. The Morgan fingerprint density at radius 1 is 0.266 bits per heavy atom. The standard InChI is InChI=1S/C62H42N2/c1-2-13-43(14-3-1)45-25-27-46(28-26-45)47-31-36-53(37-32-47)63(55-19-12-18-51(42-55)52-30-29-44-15-4-5-17-50(44)41-52)54-38-33-49(34-39-54)56-20-8-10-23-59(56)64-60-24-11-9-22-58(60)62-57-21-7-6-16-48(57)35-40-61(62)64/h1-42H. The Labute approximate surface area is 373 Å². The third-order valence-electron chi connectivity index (χ3n) is 12.8. The van der Waals surface area contributed by atoms with Gasteiger partial charge in [-0.15, -0.1) is 0 Å². The van der Waals surface area contributed by atoms with Gasteiger partial charge in [-0.1, -0.05) is 194 Å². The zero-order valence-electron chi connectivity index (χ0n) is 35.1. The Hall–Kier alpha value is -8.46. The quantitative estimate of drug-likeness (QED) is 0.148. The van der Waals surface area contributed by atoms with Crippen molar-refractivity contribution in [2.75, 3.05) is 4.90 Å². The Morgan fingerprint density at radius 2 is 0.781 bits per heavy atom. The number of rotatable bonds is 8. The fraction of sp³-hybridized carbons (Fsp3) is 0. The number of anilines is 3. The van der Waals surface area contributed by atoms with Crippen molar-refractivity contribution in [1.29, 1.82) is 0 Å². The molecule has 0 bridgehead atoms. The minimum atomic E-state index is 1.08. The highest BCUT2D eigenvalue weighted by molar-refractivity contribution is 6.21. The largest absolute Gasteiger partial charge is 0.310 e. The van der Waals surface area contributed by atoms with E-state index in [4.69, 9.17) is 0 Å². The number of hydrogen-bond acceptors (Lipinski definition) is 1. The predicted octanol–water partition coefficient (Wildman–Crippen LogP) is 17.2. The molecule has 0 aliphatic rings. The molecular weight excluding hydrogens is 773 g/mol. The summed E-state index contributed by atoms with van der Waals surface area (Å²) < 4.78 is 2.45. The topological polar surface area (TPSA) is 8.17 Å². The number of para-hydroxylation sites is 2. The van der Waals surface area contributed by atoms with Crippen LogP contribution >= 0.6 is 0 Å². The molecule has 1 aromatic heterocycles. The van der Waals surface area contributed by atoms with Crippen molar-refractivity contribution in [2.24, 2.45) is 0 Å². The highest BCUT2D eigenvalue weighted by Crippen LogP contribution is 2.42. The zero-order valence-corrected chi connectivity index (χ0v) is 35.1. The lowest BCUT2D eigenvalue weighted by molar-refractivity contribution is 1.18. The molecular formula is C62H42N2. The van der Waals surface area contributed by atoms with Gasteiger partial charge < -0.3 is 9.47 Å². The third kappa shape index (κ3) is 6.61. The SMILES string of the molecule is c1ccc(-c2ccc(-c3ccc(N(c4ccc(-c5ccccc5-n5c6ccccc6c6c7ccccc7ccc65)cc4)c4cccc(-c5ccc6ccccc6c5)c4)cc3)cc2)cc1.